The molecule has 0 unspecified atom stereocenters. The van der Waals surface area contributed by atoms with Gasteiger partial charge in [-0.15, -0.1) is 0 Å². The number of amides is 2. The highest BCUT2D eigenvalue weighted by atomic mass is 16.2. The van der Waals surface area contributed by atoms with Crippen molar-refractivity contribution in [2.45, 2.75) is 26.3 Å². The van der Waals surface area contributed by atoms with Crippen LogP contribution in [0.4, 0.5) is 0 Å². The van der Waals surface area contributed by atoms with Gasteiger partial charge in [-0.05, 0) is 42.7 Å². The lowest BCUT2D eigenvalue weighted by atomic mass is 10.1. The fraction of sp³-hybridized carbons (Fsp3) is 0.238. The summed E-state index contributed by atoms with van der Waals surface area (Å²) in [6, 6.07) is 15.4. The molecule has 3 N–H and O–H groups in total. The third kappa shape index (κ3) is 4.30. The SMILES string of the molecule is CCNC(=O)c1cccc(CNC(=O)CCc2c[nH]c3ccccc23)c1. The Morgan fingerprint density at radius 1 is 1.04 bits per heavy atom. The highest BCUT2D eigenvalue weighted by Crippen LogP contribution is 2.18. The van der Waals surface area contributed by atoms with Gasteiger partial charge in [-0.25, -0.2) is 0 Å². The number of aryl methyl sites for hydroxylation is 1. The van der Waals surface area contributed by atoms with Crippen LogP contribution < -0.4 is 10.6 Å². The molecule has 0 aliphatic carbocycles. The molecule has 2 amide bonds. The second kappa shape index (κ2) is 8.34. The number of benzene rings is 2. The van der Waals surface area contributed by atoms with E-state index in [2.05, 4.69) is 21.7 Å². The summed E-state index contributed by atoms with van der Waals surface area (Å²) < 4.78 is 0. The van der Waals surface area contributed by atoms with E-state index in [0.717, 1.165) is 22.0 Å². The van der Waals surface area contributed by atoms with Gasteiger partial charge >= 0.3 is 0 Å². The number of rotatable bonds is 7. The van der Waals surface area contributed by atoms with Crippen molar-refractivity contribution in [2.75, 3.05) is 6.54 Å². The van der Waals surface area contributed by atoms with Gasteiger partial charge in [0.1, 0.15) is 0 Å². The number of aromatic amines is 1. The first-order chi connectivity index (χ1) is 12.7. The quantitative estimate of drug-likeness (QED) is 0.613. The van der Waals surface area contributed by atoms with Gasteiger partial charge in [0.15, 0.2) is 0 Å². The lowest BCUT2D eigenvalue weighted by Crippen LogP contribution is -2.24. The summed E-state index contributed by atoms with van der Waals surface area (Å²) in [5, 5.41) is 6.86. The molecule has 3 aromatic rings. The average molecular weight is 349 g/mol. The second-order valence-corrected chi connectivity index (χ2v) is 6.20. The van der Waals surface area contributed by atoms with Crippen LogP contribution in [0.3, 0.4) is 0 Å². The summed E-state index contributed by atoms with van der Waals surface area (Å²) in [5.41, 5.74) is 3.76. The van der Waals surface area contributed by atoms with Crippen molar-refractivity contribution in [1.82, 2.24) is 15.6 Å². The number of hydrogen-bond acceptors (Lipinski definition) is 2. The Morgan fingerprint density at radius 3 is 2.73 bits per heavy atom. The van der Waals surface area contributed by atoms with Crippen LogP contribution in [0.25, 0.3) is 10.9 Å². The minimum atomic E-state index is -0.0972. The van der Waals surface area contributed by atoms with Gasteiger partial charge < -0.3 is 15.6 Å². The molecular formula is C21H23N3O2. The van der Waals surface area contributed by atoms with Crippen molar-refractivity contribution < 1.29 is 9.59 Å². The maximum Gasteiger partial charge on any atom is 0.251 e. The third-order valence-corrected chi connectivity index (χ3v) is 4.31. The maximum atomic E-state index is 12.2. The molecule has 0 bridgehead atoms. The molecule has 134 valence electrons. The largest absolute Gasteiger partial charge is 0.361 e. The minimum absolute atomic E-state index is 0.00121. The molecule has 0 atom stereocenters. The Kier molecular flexibility index (Phi) is 5.69. The fourth-order valence-corrected chi connectivity index (χ4v) is 2.96. The Morgan fingerprint density at radius 2 is 1.88 bits per heavy atom. The lowest BCUT2D eigenvalue weighted by Gasteiger charge is -2.07. The summed E-state index contributed by atoms with van der Waals surface area (Å²) in [7, 11) is 0. The zero-order valence-corrected chi connectivity index (χ0v) is 14.8. The number of para-hydroxylation sites is 1. The van der Waals surface area contributed by atoms with E-state index in [-0.39, 0.29) is 11.8 Å². The van der Waals surface area contributed by atoms with Crippen molar-refractivity contribution in [3.05, 3.63) is 71.4 Å². The number of H-pyrrole nitrogens is 1. The first-order valence-electron chi connectivity index (χ1n) is 8.86. The topological polar surface area (TPSA) is 74.0 Å². The average Bonchev–Trinajstić information content (AvgIpc) is 3.08. The lowest BCUT2D eigenvalue weighted by molar-refractivity contribution is -0.121. The van der Waals surface area contributed by atoms with E-state index in [0.29, 0.717) is 31.5 Å². The molecule has 5 nitrogen and oxygen atoms in total. The predicted octanol–water partition coefficient (Wildman–Crippen LogP) is 3.17. The molecule has 3 rings (SSSR count). The molecule has 1 aromatic heterocycles. The van der Waals surface area contributed by atoms with E-state index < -0.39 is 0 Å². The number of carbonyl (C=O) groups is 2. The molecule has 0 saturated heterocycles. The maximum absolute atomic E-state index is 12.2. The summed E-state index contributed by atoms with van der Waals surface area (Å²) in [4.78, 5) is 27.3. The van der Waals surface area contributed by atoms with Crippen LogP contribution in [0.5, 0.6) is 0 Å². The van der Waals surface area contributed by atoms with Gasteiger partial charge in [0.05, 0.1) is 0 Å². The third-order valence-electron chi connectivity index (χ3n) is 4.31. The zero-order valence-electron chi connectivity index (χ0n) is 14.8. The normalized spacial score (nSPS) is 10.7. The van der Waals surface area contributed by atoms with Crippen LogP contribution in [-0.2, 0) is 17.8 Å². The molecule has 2 aromatic carbocycles. The molecule has 26 heavy (non-hydrogen) atoms. The van der Waals surface area contributed by atoms with Crippen LogP contribution in [0.15, 0.2) is 54.7 Å². The molecule has 5 heteroatoms. The number of hydrogen-bond donors (Lipinski definition) is 3. The van der Waals surface area contributed by atoms with Gasteiger partial charge in [-0.3, -0.25) is 9.59 Å². The van der Waals surface area contributed by atoms with Crippen LogP contribution in [0, 0.1) is 0 Å². The summed E-state index contributed by atoms with van der Waals surface area (Å²) >= 11 is 0. The van der Waals surface area contributed by atoms with Gasteiger partial charge in [0.25, 0.3) is 5.91 Å². The van der Waals surface area contributed by atoms with E-state index in [1.54, 1.807) is 6.07 Å². The van der Waals surface area contributed by atoms with E-state index >= 15 is 0 Å². The summed E-state index contributed by atoms with van der Waals surface area (Å²) in [6.07, 6.45) is 3.08. The zero-order chi connectivity index (χ0) is 18.4. The summed E-state index contributed by atoms with van der Waals surface area (Å²) in [6.45, 7) is 2.89. The van der Waals surface area contributed by atoms with E-state index in [1.165, 1.54) is 0 Å². The van der Waals surface area contributed by atoms with Crippen molar-refractivity contribution in [3.63, 3.8) is 0 Å². The first-order valence-corrected chi connectivity index (χ1v) is 8.86. The monoisotopic (exact) mass is 349 g/mol. The second-order valence-electron chi connectivity index (χ2n) is 6.20. The molecule has 0 fully saturated rings. The van der Waals surface area contributed by atoms with Crippen LogP contribution in [0.2, 0.25) is 0 Å². The van der Waals surface area contributed by atoms with Gasteiger partial charge in [0, 0.05) is 42.2 Å². The van der Waals surface area contributed by atoms with E-state index in [9.17, 15) is 9.59 Å². The van der Waals surface area contributed by atoms with E-state index in [1.807, 2.05) is 49.5 Å². The Hall–Kier alpha value is -3.08. The van der Waals surface area contributed by atoms with Gasteiger partial charge in [-0.2, -0.15) is 0 Å². The number of fused-ring (bicyclic) bond motifs is 1. The molecule has 0 radical (unpaired) electrons. The fourth-order valence-electron chi connectivity index (χ4n) is 2.96. The van der Waals surface area contributed by atoms with E-state index in [4.69, 9.17) is 0 Å². The van der Waals surface area contributed by atoms with Crippen LogP contribution in [-0.4, -0.2) is 23.3 Å². The smallest absolute Gasteiger partial charge is 0.251 e. The molecule has 0 saturated carbocycles. The van der Waals surface area contributed by atoms with Crippen molar-refractivity contribution >= 4 is 22.7 Å². The van der Waals surface area contributed by atoms with Crippen LogP contribution in [0.1, 0.15) is 34.8 Å². The number of aromatic nitrogens is 1. The van der Waals surface area contributed by atoms with Crippen LogP contribution >= 0.6 is 0 Å². The molecule has 0 spiro atoms. The Bertz CT molecular complexity index is 914. The Balaban J connectivity index is 1.53. The highest BCUT2D eigenvalue weighted by Gasteiger charge is 2.08. The van der Waals surface area contributed by atoms with Crippen molar-refractivity contribution in [2.24, 2.45) is 0 Å². The first kappa shape index (κ1) is 17.7. The molecular weight excluding hydrogens is 326 g/mol. The standard InChI is InChI=1S/C21H23N3O2/c1-2-22-21(26)16-7-5-6-15(12-16)13-24-20(25)11-10-17-14-23-19-9-4-3-8-18(17)19/h3-9,12,14,23H,2,10-11,13H2,1H3,(H,22,26)(H,24,25). The molecule has 1 heterocycles. The highest BCUT2D eigenvalue weighted by molar-refractivity contribution is 5.94. The number of carbonyl (C=O) groups excluding carboxylic acids is 2. The Labute approximate surface area is 152 Å². The molecule has 0 aliphatic rings. The molecule has 0 aliphatic heterocycles. The van der Waals surface area contributed by atoms with Gasteiger partial charge in [0.2, 0.25) is 5.91 Å². The van der Waals surface area contributed by atoms with Crippen molar-refractivity contribution in [1.29, 1.82) is 0 Å². The predicted molar refractivity (Wildman–Crippen MR) is 103 cm³/mol. The minimum Gasteiger partial charge on any atom is -0.361 e. The number of nitrogens with one attached hydrogen (secondary N) is 3. The van der Waals surface area contributed by atoms with Crippen molar-refractivity contribution in [3.8, 4) is 0 Å². The van der Waals surface area contributed by atoms with Gasteiger partial charge in [-0.1, -0.05) is 30.3 Å². The summed E-state index contributed by atoms with van der Waals surface area (Å²) in [5.74, 6) is -0.0984.